The van der Waals surface area contributed by atoms with Crippen molar-refractivity contribution in [2.75, 3.05) is 0 Å². The molecule has 26 heavy (non-hydrogen) atoms. The summed E-state index contributed by atoms with van der Waals surface area (Å²) in [6, 6.07) is 2.18. The standard InChI is InChI=1S/C14H18N3O8P/c15-9(14(21)17-10(13(16)20)5-12(18)19)4-7-1-2-11-8(3-7)6-24-26(22,23)25-11/h1-3,9-10H,4-6,15H2,(H2,16,20)(H,17,21)(H,18,19)(H,22,23)/t9-,10-/m0/s1. The van der Waals surface area contributed by atoms with Crippen LogP contribution in [0.3, 0.4) is 0 Å². The van der Waals surface area contributed by atoms with Crippen molar-refractivity contribution in [2.45, 2.75) is 31.5 Å². The van der Waals surface area contributed by atoms with Gasteiger partial charge in [0.2, 0.25) is 11.8 Å². The minimum absolute atomic E-state index is 0.0639. The van der Waals surface area contributed by atoms with Gasteiger partial charge in [-0.1, -0.05) is 6.07 Å². The summed E-state index contributed by atoms with van der Waals surface area (Å²) in [4.78, 5) is 43.2. The highest BCUT2D eigenvalue weighted by Gasteiger charge is 2.30. The summed E-state index contributed by atoms with van der Waals surface area (Å²) in [7, 11) is -4.09. The van der Waals surface area contributed by atoms with Gasteiger partial charge in [-0.25, -0.2) is 4.57 Å². The number of phosphoric acid groups is 1. The highest BCUT2D eigenvalue weighted by Crippen LogP contribution is 2.49. The third kappa shape index (κ3) is 5.27. The van der Waals surface area contributed by atoms with Crippen molar-refractivity contribution in [3.63, 3.8) is 0 Å². The largest absolute Gasteiger partial charge is 0.527 e. The van der Waals surface area contributed by atoms with Gasteiger partial charge in [0, 0.05) is 5.56 Å². The number of benzene rings is 1. The second kappa shape index (κ2) is 7.83. The lowest BCUT2D eigenvalue weighted by Crippen LogP contribution is -2.51. The number of carboxylic acid groups (broad SMARTS) is 1. The smallest absolute Gasteiger partial charge is 0.481 e. The fraction of sp³-hybridized carbons (Fsp3) is 0.357. The first-order chi connectivity index (χ1) is 12.1. The minimum Gasteiger partial charge on any atom is -0.481 e. The molecule has 2 rings (SSSR count). The molecule has 0 saturated heterocycles. The van der Waals surface area contributed by atoms with Crippen LogP contribution in [0.4, 0.5) is 0 Å². The fourth-order valence-electron chi connectivity index (χ4n) is 2.29. The molecule has 1 aromatic carbocycles. The first-order valence-electron chi connectivity index (χ1n) is 7.43. The first-order valence-corrected chi connectivity index (χ1v) is 8.93. The highest BCUT2D eigenvalue weighted by atomic mass is 31.2. The zero-order valence-corrected chi connectivity index (χ0v) is 14.3. The average Bonchev–Trinajstić information content (AvgIpc) is 2.53. The van der Waals surface area contributed by atoms with Crippen molar-refractivity contribution >= 4 is 25.6 Å². The van der Waals surface area contributed by atoms with E-state index in [1.165, 1.54) is 6.07 Å². The molecule has 0 saturated carbocycles. The number of nitrogens with one attached hydrogen (secondary N) is 1. The van der Waals surface area contributed by atoms with Crippen LogP contribution in [0.15, 0.2) is 18.2 Å². The lowest BCUT2D eigenvalue weighted by atomic mass is 10.0. The number of amides is 2. The van der Waals surface area contributed by atoms with Gasteiger partial charge in [0.15, 0.2) is 0 Å². The molecule has 0 fully saturated rings. The monoisotopic (exact) mass is 387 g/mol. The first kappa shape index (κ1) is 19.9. The normalized spacial score (nSPS) is 21.0. The topological polar surface area (TPSA) is 191 Å². The Morgan fingerprint density at radius 2 is 2.04 bits per heavy atom. The number of hydrogen-bond donors (Lipinski definition) is 5. The number of fused-ring (bicyclic) bond motifs is 1. The van der Waals surface area contributed by atoms with Gasteiger partial charge >= 0.3 is 13.8 Å². The summed E-state index contributed by atoms with van der Waals surface area (Å²) < 4.78 is 20.8. The lowest BCUT2D eigenvalue weighted by Gasteiger charge is -2.22. The van der Waals surface area contributed by atoms with Gasteiger partial charge in [-0.05, 0) is 24.1 Å². The van der Waals surface area contributed by atoms with Crippen LogP contribution < -0.4 is 21.3 Å². The van der Waals surface area contributed by atoms with E-state index < -0.39 is 44.1 Å². The molecule has 2 amide bonds. The summed E-state index contributed by atoms with van der Waals surface area (Å²) in [6.45, 7) is -0.138. The summed E-state index contributed by atoms with van der Waals surface area (Å²) in [5, 5.41) is 10.9. The summed E-state index contributed by atoms with van der Waals surface area (Å²) in [5.41, 5.74) is 12.0. The van der Waals surface area contributed by atoms with E-state index in [0.717, 1.165) is 0 Å². The molecule has 12 heteroatoms. The lowest BCUT2D eigenvalue weighted by molar-refractivity contribution is -0.140. The van der Waals surface area contributed by atoms with Gasteiger partial charge in [-0.15, -0.1) is 0 Å². The van der Waals surface area contributed by atoms with Crippen LogP contribution in [0.5, 0.6) is 5.75 Å². The molecule has 0 aliphatic carbocycles. The second-order valence-corrected chi connectivity index (χ2v) is 7.03. The van der Waals surface area contributed by atoms with Crippen LogP contribution in [0.25, 0.3) is 0 Å². The number of nitrogens with two attached hydrogens (primary N) is 2. The molecule has 142 valence electrons. The molecule has 3 atom stereocenters. The maximum atomic E-state index is 12.1. The molecule has 0 aromatic heterocycles. The van der Waals surface area contributed by atoms with Crippen LogP contribution in [0.2, 0.25) is 0 Å². The molecular formula is C14H18N3O8P. The minimum atomic E-state index is -4.09. The van der Waals surface area contributed by atoms with Gasteiger partial charge in [-0.3, -0.25) is 23.8 Å². The molecule has 0 radical (unpaired) electrons. The fourth-order valence-corrected chi connectivity index (χ4v) is 3.07. The van der Waals surface area contributed by atoms with Crippen molar-refractivity contribution in [3.05, 3.63) is 29.3 Å². The molecular weight excluding hydrogens is 369 g/mol. The van der Waals surface area contributed by atoms with Crippen molar-refractivity contribution in [2.24, 2.45) is 11.5 Å². The van der Waals surface area contributed by atoms with Crippen molar-refractivity contribution in [3.8, 4) is 5.75 Å². The number of phosphoric ester groups is 1. The van der Waals surface area contributed by atoms with Gasteiger partial charge in [0.05, 0.1) is 19.1 Å². The third-order valence-electron chi connectivity index (χ3n) is 3.55. The number of hydrogen-bond acceptors (Lipinski definition) is 7. The van der Waals surface area contributed by atoms with Crippen molar-refractivity contribution in [1.82, 2.24) is 5.32 Å². The van der Waals surface area contributed by atoms with Crippen LogP contribution in [0.1, 0.15) is 17.5 Å². The molecule has 0 spiro atoms. The Bertz CT molecular complexity index is 783. The Morgan fingerprint density at radius 1 is 1.35 bits per heavy atom. The number of rotatable bonds is 7. The van der Waals surface area contributed by atoms with E-state index >= 15 is 0 Å². The predicted molar refractivity (Wildman–Crippen MR) is 86.7 cm³/mol. The van der Waals surface area contributed by atoms with E-state index in [-0.39, 0.29) is 18.8 Å². The van der Waals surface area contributed by atoms with Crippen LogP contribution in [-0.2, 0) is 36.5 Å². The summed E-state index contributed by atoms with van der Waals surface area (Å²) in [6.07, 6.45) is -0.586. The molecule has 1 aliphatic rings. The predicted octanol–water partition coefficient (Wildman–Crippen LogP) is -0.989. The van der Waals surface area contributed by atoms with Crippen molar-refractivity contribution in [1.29, 1.82) is 0 Å². The van der Waals surface area contributed by atoms with E-state index in [9.17, 15) is 23.8 Å². The molecule has 11 nitrogen and oxygen atoms in total. The summed E-state index contributed by atoms with van der Waals surface area (Å²) in [5.74, 6) is -2.82. The van der Waals surface area contributed by atoms with Crippen LogP contribution in [-0.4, -0.2) is 39.9 Å². The van der Waals surface area contributed by atoms with Gasteiger partial charge in [0.1, 0.15) is 11.8 Å². The van der Waals surface area contributed by atoms with Gasteiger partial charge in [0.25, 0.3) is 0 Å². The van der Waals surface area contributed by atoms with E-state index in [0.29, 0.717) is 11.1 Å². The number of carbonyl (C=O) groups is 3. The number of primary amides is 1. The molecule has 1 unspecified atom stereocenters. The summed E-state index contributed by atoms with van der Waals surface area (Å²) >= 11 is 0. The molecule has 1 aromatic rings. The van der Waals surface area contributed by atoms with Crippen LogP contribution in [0, 0.1) is 0 Å². The maximum absolute atomic E-state index is 12.1. The highest BCUT2D eigenvalue weighted by molar-refractivity contribution is 7.47. The quantitative estimate of drug-likeness (QED) is 0.365. The SMILES string of the molecule is NC(=O)[C@H](CC(=O)O)NC(=O)[C@@H](N)Cc1ccc2c(c1)COP(=O)(O)O2. The van der Waals surface area contributed by atoms with E-state index in [1.54, 1.807) is 12.1 Å². The Balaban J connectivity index is 2.02. The molecule has 1 aliphatic heterocycles. The van der Waals surface area contributed by atoms with E-state index in [4.69, 9.17) is 21.1 Å². The Hall–Kier alpha value is -2.46. The number of carboxylic acids is 1. The molecule has 7 N–H and O–H groups in total. The molecule has 1 heterocycles. The van der Waals surface area contributed by atoms with Crippen molar-refractivity contribution < 1.29 is 38.0 Å². The average molecular weight is 387 g/mol. The molecule has 0 bridgehead atoms. The zero-order valence-electron chi connectivity index (χ0n) is 13.5. The number of carbonyl (C=O) groups excluding carboxylic acids is 2. The Kier molecular flexibility index (Phi) is 5.98. The maximum Gasteiger partial charge on any atom is 0.527 e. The Morgan fingerprint density at radius 3 is 2.65 bits per heavy atom. The zero-order chi connectivity index (χ0) is 19.5. The van der Waals surface area contributed by atoms with Crippen LogP contribution >= 0.6 is 7.82 Å². The van der Waals surface area contributed by atoms with E-state index in [2.05, 4.69) is 9.84 Å². The third-order valence-corrected chi connectivity index (χ3v) is 4.44. The van der Waals surface area contributed by atoms with E-state index in [1.807, 2.05) is 0 Å². The second-order valence-electron chi connectivity index (χ2n) is 5.65. The Labute approximate surface area is 147 Å². The number of aliphatic carboxylic acids is 1. The van der Waals surface area contributed by atoms with Gasteiger partial charge < -0.3 is 26.4 Å². The van der Waals surface area contributed by atoms with Gasteiger partial charge in [-0.2, -0.15) is 0 Å².